The van der Waals surface area contributed by atoms with Crippen LogP contribution in [0.5, 0.6) is 0 Å². The number of nitroso groups, excluding NO2 is 1. The van der Waals surface area contributed by atoms with Crippen LogP contribution in [0.3, 0.4) is 0 Å². The summed E-state index contributed by atoms with van der Waals surface area (Å²) >= 11 is 0. The molecule has 226 valence electrons. The van der Waals surface area contributed by atoms with Crippen molar-refractivity contribution < 1.29 is 4.39 Å². The van der Waals surface area contributed by atoms with E-state index in [1.807, 2.05) is 28.8 Å². The molecule has 1 aromatic carbocycles. The first-order chi connectivity index (χ1) is 20.8. The minimum Gasteiger partial charge on any atom is -0.338 e. The summed E-state index contributed by atoms with van der Waals surface area (Å²) in [5.74, 6) is 1.49. The molecule has 5 aromatic rings. The van der Waals surface area contributed by atoms with E-state index in [1.54, 1.807) is 31.1 Å². The molecule has 2 aliphatic rings. The normalized spacial score (nSPS) is 15.5. The van der Waals surface area contributed by atoms with Crippen LogP contribution in [0, 0.1) is 22.7 Å². The van der Waals surface area contributed by atoms with E-state index >= 15 is 0 Å². The van der Waals surface area contributed by atoms with Gasteiger partial charge in [0.1, 0.15) is 5.65 Å². The van der Waals surface area contributed by atoms with Gasteiger partial charge in [-0.3, -0.25) is 13.8 Å². The molecule has 2 aliphatic carbocycles. The summed E-state index contributed by atoms with van der Waals surface area (Å²) in [5.41, 5.74) is 5.79. The number of hydrogen-bond donors (Lipinski definition) is 1. The van der Waals surface area contributed by atoms with E-state index in [1.165, 1.54) is 17.5 Å². The van der Waals surface area contributed by atoms with E-state index in [0.29, 0.717) is 23.3 Å². The van der Waals surface area contributed by atoms with Crippen LogP contribution in [-0.4, -0.2) is 35.4 Å². The minimum absolute atomic E-state index is 0.0587. The first-order valence-electron chi connectivity index (χ1n) is 15.5. The predicted molar refractivity (Wildman–Crippen MR) is 168 cm³/mol. The van der Waals surface area contributed by atoms with Crippen molar-refractivity contribution in [2.24, 2.45) is 31.1 Å². The van der Waals surface area contributed by atoms with Crippen LogP contribution in [0.4, 0.5) is 4.39 Å². The van der Waals surface area contributed by atoms with E-state index in [9.17, 15) is 14.1 Å². The molecule has 0 spiro atoms. The molecule has 9 nitrogen and oxygen atoms in total. The Morgan fingerprint density at radius 2 is 1.81 bits per heavy atom. The average molecular weight is 586 g/mol. The van der Waals surface area contributed by atoms with Crippen molar-refractivity contribution >= 4 is 22.1 Å². The molecule has 0 aliphatic heterocycles. The summed E-state index contributed by atoms with van der Waals surface area (Å²) in [6.45, 7) is 4.89. The molecule has 0 radical (unpaired) electrons. The Morgan fingerprint density at radius 3 is 2.40 bits per heavy atom. The molecular weight excluding hydrogens is 545 g/mol. The Bertz CT molecular complexity index is 1820. The maximum atomic E-state index is 15.0. The van der Waals surface area contributed by atoms with Crippen molar-refractivity contribution in [1.82, 2.24) is 28.9 Å². The third kappa shape index (κ3) is 5.55. The highest BCUT2D eigenvalue weighted by Gasteiger charge is 2.28. The molecule has 4 aromatic heterocycles. The topological polar surface area (TPSA) is 103 Å². The van der Waals surface area contributed by atoms with E-state index in [4.69, 9.17) is 0 Å². The second-order valence-corrected chi connectivity index (χ2v) is 12.5. The number of rotatable bonds is 8. The van der Waals surface area contributed by atoms with Crippen LogP contribution < -0.4 is 5.69 Å². The van der Waals surface area contributed by atoms with Gasteiger partial charge < -0.3 is 4.98 Å². The fourth-order valence-corrected chi connectivity index (χ4v) is 6.55. The van der Waals surface area contributed by atoms with Gasteiger partial charge in [-0.05, 0) is 61.5 Å². The maximum absolute atomic E-state index is 15.0. The molecule has 0 saturated heterocycles. The van der Waals surface area contributed by atoms with Gasteiger partial charge in [0.05, 0.1) is 40.4 Å². The third-order valence-electron chi connectivity index (χ3n) is 9.14. The summed E-state index contributed by atoms with van der Waals surface area (Å²) in [6.07, 6.45) is 11.9. The highest BCUT2D eigenvalue weighted by molar-refractivity contribution is 6.14. The van der Waals surface area contributed by atoms with Gasteiger partial charge in [0.15, 0.2) is 0 Å². The Kier molecular flexibility index (Phi) is 8.03. The molecule has 1 N–H and O–H groups in total. The number of nitrogens with one attached hydrogen (secondary N) is 1. The van der Waals surface area contributed by atoms with Gasteiger partial charge in [-0.1, -0.05) is 56.1 Å². The van der Waals surface area contributed by atoms with E-state index in [0.717, 1.165) is 77.0 Å². The molecule has 0 unspecified atom stereocenters. The van der Waals surface area contributed by atoms with Crippen molar-refractivity contribution in [3.8, 4) is 22.4 Å². The summed E-state index contributed by atoms with van der Waals surface area (Å²) in [7, 11) is 3.46. The highest BCUT2D eigenvalue weighted by atomic mass is 19.1. The lowest BCUT2D eigenvalue weighted by molar-refractivity contribution is 0.510. The Hall–Kier alpha value is -4.08. The molecular formula is C33H40FN7O2. The van der Waals surface area contributed by atoms with E-state index < -0.39 is 5.95 Å². The molecule has 43 heavy (non-hydrogen) atoms. The molecule has 2 saturated carbocycles. The zero-order valence-electron chi connectivity index (χ0n) is 25.4. The number of aryl methyl sites for hydroxylation is 3. The van der Waals surface area contributed by atoms with Crippen LogP contribution in [-0.2, 0) is 20.5 Å². The SMILES string of the molecule is CC(C)C1CC1.Cn1cc(-c2[nH]c3ncc4c(c3c2-c2ccc(CCCN=O)cc2)n(C2CCCC2)c(=O)n4C)c(F)n1. The number of imidazole rings is 1. The second kappa shape index (κ2) is 11.9. The zero-order chi connectivity index (χ0) is 30.2. The summed E-state index contributed by atoms with van der Waals surface area (Å²) < 4.78 is 20.0. The van der Waals surface area contributed by atoms with Crippen molar-refractivity contribution in [3.05, 3.63) is 63.6 Å². The van der Waals surface area contributed by atoms with Gasteiger partial charge >= 0.3 is 5.69 Å². The maximum Gasteiger partial charge on any atom is 0.329 e. The fourth-order valence-electron chi connectivity index (χ4n) is 6.55. The number of aromatic amines is 1. The van der Waals surface area contributed by atoms with Gasteiger partial charge in [0.25, 0.3) is 0 Å². The monoisotopic (exact) mass is 585 g/mol. The first-order valence-corrected chi connectivity index (χ1v) is 15.5. The third-order valence-corrected chi connectivity index (χ3v) is 9.14. The molecule has 0 atom stereocenters. The average Bonchev–Trinajstić information content (AvgIpc) is 3.30. The molecule has 4 heterocycles. The van der Waals surface area contributed by atoms with Crippen molar-refractivity contribution in [2.45, 2.75) is 71.3 Å². The quantitative estimate of drug-likeness (QED) is 0.153. The summed E-state index contributed by atoms with van der Waals surface area (Å²) in [6, 6.07) is 8.17. The summed E-state index contributed by atoms with van der Waals surface area (Å²) in [5, 5.41) is 7.67. The number of hydrogen-bond acceptors (Lipinski definition) is 5. The number of nitrogens with zero attached hydrogens (tertiary/aromatic N) is 6. The number of aromatic nitrogens is 6. The number of fused-ring (bicyclic) bond motifs is 3. The fraction of sp³-hybridized carbons (Fsp3) is 0.485. The van der Waals surface area contributed by atoms with E-state index in [-0.39, 0.29) is 18.3 Å². The number of pyridine rings is 1. The van der Waals surface area contributed by atoms with Gasteiger partial charge in [-0.15, -0.1) is 5.10 Å². The van der Waals surface area contributed by atoms with Crippen LogP contribution >= 0.6 is 0 Å². The lowest BCUT2D eigenvalue weighted by Gasteiger charge is -2.13. The molecule has 2 fully saturated rings. The smallest absolute Gasteiger partial charge is 0.329 e. The molecule has 10 heteroatoms. The largest absolute Gasteiger partial charge is 0.338 e. The number of benzene rings is 1. The van der Waals surface area contributed by atoms with Gasteiger partial charge in [0, 0.05) is 31.9 Å². The van der Waals surface area contributed by atoms with Crippen LogP contribution in [0.25, 0.3) is 44.5 Å². The predicted octanol–water partition coefficient (Wildman–Crippen LogP) is 7.29. The van der Waals surface area contributed by atoms with Crippen molar-refractivity contribution in [3.63, 3.8) is 0 Å². The second-order valence-electron chi connectivity index (χ2n) is 12.5. The Labute approximate surface area is 250 Å². The number of halogens is 1. The lowest BCUT2D eigenvalue weighted by atomic mass is 9.97. The van der Waals surface area contributed by atoms with Crippen LogP contribution in [0.15, 0.2) is 46.6 Å². The number of H-pyrrole nitrogens is 1. The van der Waals surface area contributed by atoms with Crippen LogP contribution in [0.1, 0.15) is 70.4 Å². The van der Waals surface area contributed by atoms with Gasteiger partial charge in [0.2, 0.25) is 5.95 Å². The van der Waals surface area contributed by atoms with Crippen LogP contribution in [0.2, 0.25) is 0 Å². The Morgan fingerprint density at radius 1 is 1.09 bits per heavy atom. The lowest BCUT2D eigenvalue weighted by Crippen LogP contribution is -2.24. The van der Waals surface area contributed by atoms with Gasteiger partial charge in [-0.25, -0.2) is 9.78 Å². The molecule has 7 rings (SSSR count). The van der Waals surface area contributed by atoms with E-state index in [2.05, 4.69) is 34.1 Å². The standard InChI is InChI=1S/C27H28FN7O2.C6H12/c1-33-15-19(25(28)32-33)23-21(17-11-9-16(10-12-17)6-5-13-30-37)22-24-20(14-29-26(22)31-23)34(2)27(36)35(24)18-7-3-4-8-18;1-5(2)6-3-4-6/h9-12,14-15,18H,3-8,13H2,1-2H3,(H,29,31);5-6H,3-4H2,1-2H3. The molecule has 0 bridgehead atoms. The van der Waals surface area contributed by atoms with Crippen molar-refractivity contribution in [1.29, 1.82) is 0 Å². The van der Waals surface area contributed by atoms with Crippen molar-refractivity contribution in [2.75, 3.05) is 6.54 Å². The minimum atomic E-state index is -0.578. The van der Waals surface area contributed by atoms with Gasteiger partial charge in [-0.2, -0.15) is 9.30 Å². The summed E-state index contributed by atoms with van der Waals surface area (Å²) in [4.78, 5) is 31.9. The Balaban J connectivity index is 0.000000491. The molecule has 0 amide bonds. The zero-order valence-corrected chi connectivity index (χ0v) is 25.4. The first kappa shape index (κ1) is 29.0. The highest BCUT2D eigenvalue weighted by Crippen LogP contribution is 2.43.